The number of nitrogens with one attached hydrogen (secondary N) is 2. The lowest BCUT2D eigenvalue weighted by Crippen LogP contribution is -2.32. The number of rotatable bonds is 2. The quantitative estimate of drug-likeness (QED) is 0.655. The molecule has 8 heteroatoms. The Bertz CT molecular complexity index is 1230. The molecule has 0 spiro atoms. The van der Waals surface area contributed by atoms with Crippen molar-refractivity contribution in [1.82, 2.24) is 14.9 Å². The van der Waals surface area contributed by atoms with Crippen LogP contribution in [0.4, 0.5) is 0 Å². The van der Waals surface area contributed by atoms with Gasteiger partial charge in [0.1, 0.15) is 0 Å². The third-order valence-electron chi connectivity index (χ3n) is 4.72. The van der Waals surface area contributed by atoms with Crippen LogP contribution in [-0.4, -0.2) is 36.9 Å². The Kier molecular flexibility index (Phi) is 3.82. The average molecular weight is 371 g/mol. The van der Waals surface area contributed by atoms with Gasteiger partial charge in [0.05, 0.1) is 20.8 Å². The largest absolute Gasteiger partial charge is 0.316 e. The van der Waals surface area contributed by atoms with Crippen molar-refractivity contribution in [1.29, 1.82) is 0 Å². The minimum atomic E-state index is -3.76. The molecule has 0 aliphatic carbocycles. The van der Waals surface area contributed by atoms with Crippen LogP contribution in [0, 0.1) is 0 Å². The Hall–Kier alpha value is -2.71. The fraction of sp³-hybridized carbons (Fsp3) is 0.222. The Morgan fingerprint density at radius 1 is 1.00 bits per heavy atom. The minimum Gasteiger partial charge on any atom is -0.316 e. The lowest BCUT2D eigenvalue weighted by molar-refractivity contribution is 0.310. The summed E-state index contributed by atoms with van der Waals surface area (Å²) >= 11 is 0. The molecule has 0 fully saturated rings. The molecular formula is C18H17N3O4S. The normalized spacial score (nSPS) is 15.1. The first-order chi connectivity index (χ1) is 12.4. The maximum Gasteiger partial charge on any atom is 0.314 e. The second-order valence-electron chi connectivity index (χ2n) is 6.47. The Morgan fingerprint density at radius 3 is 2.42 bits per heavy atom. The van der Waals surface area contributed by atoms with Crippen molar-refractivity contribution in [2.24, 2.45) is 0 Å². The molecule has 0 radical (unpaired) electrons. The van der Waals surface area contributed by atoms with Gasteiger partial charge in [-0.3, -0.25) is 9.59 Å². The SMILES string of the molecule is CN1CCc2c(c(S(=O)(=O)c3ccccc3)cc3[nH]c(=O)c(=O)[nH]c23)C1. The summed E-state index contributed by atoms with van der Waals surface area (Å²) in [5, 5.41) is 0. The lowest BCUT2D eigenvalue weighted by atomic mass is 9.98. The van der Waals surface area contributed by atoms with E-state index in [9.17, 15) is 18.0 Å². The van der Waals surface area contributed by atoms with E-state index in [1.165, 1.54) is 6.07 Å². The highest BCUT2D eigenvalue weighted by Crippen LogP contribution is 2.33. The van der Waals surface area contributed by atoms with Crippen LogP contribution in [0.5, 0.6) is 0 Å². The molecule has 0 atom stereocenters. The predicted octanol–water partition coefficient (Wildman–Crippen LogP) is 1.04. The fourth-order valence-corrected chi connectivity index (χ4v) is 4.97. The minimum absolute atomic E-state index is 0.167. The number of H-pyrrole nitrogens is 2. The van der Waals surface area contributed by atoms with E-state index in [4.69, 9.17) is 0 Å². The predicted molar refractivity (Wildman–Crippen MR) is 97.1 cm³/mol. The summed E-state index contributed by atoms with van der Waals surface area (Å²) in [4.78, 5) is 31.0. The summed E-state index contributed by atoms with van der Waals surface area (Å²) in [5.74, 6) is 0. The molecule has 2 N–H and O–H groups in total. The Labute approximate surface area is 149 Å². The van der Waals surface area contributed by atoms with Crippen molar-refractivity contribution in [2.75, 3.05) is 13.6 Å². The van der Waals surface area contributed by atoms with Crippen LogP contribution < -0.4 is 11.1 Å². The van der Waals surface area contributed by atoms with E-state index in [0.29, 0.717) is 29.6 Å². The Balaban J connectivity index is 2.10. The molecule has 2 heterocycles. The number of aromatic amines is 2. The molecule has 1 aliphatic heterocycles. The van der Waals surface area contributed by atoms with Crippen LogP contribution in [-0.2, 0) is 22.8 Å². The van der Waals surface area contributed by atoms with Crippen LogP contribution in [0.3, 0.4) is 0 Å². The van der Waals surface area contributed by atoms with E-state index < -0.39 is 21.0 Å². The van der Waals surface area contributed by atoms with Crippen molar-refractivity contribution in [3.63, 3.8) is 0 Å². The number of hydrogen-bond donors (Lipinski definition) is 2. The van der Waals surface area contributed by atoms with Gasteiger partial charge in [-0.15, -0.1) is 0 Å². The first-order valence-corrected chi connectivity index (χ1v) is 9.66. The first-order valence-electron chi connectivity index (χ1n) is 8.17. The third kappa shape index (κ3) is 2.58. The molecule has 4 rings (SSSR count). The van der Waals surface area contributed by atoms with E-state index in [2.05, 4.69) is 9.97 Å². The molecule has 26 heavy (non-hydrogen) atoms. The molecule has 0 saturated heterocycles. The molecule has 1 aliphatic rings. The van der Waals surface area contributed by atoms with Gasteiger partial charge in [-0.25, -0.2) is 8.42 Å². The molecule has 0 amide bonds. The van der Waals surface area contributed by atoms with Crippen molar-refractivity contribution >= 4 is 20.9 Å². The molecular weight excluding hydrogens is 354 g/mol. The summed E-state index contributed by atoms with van der Waals surface area (Å²) in [5.41, 5.74) is 0.726. The molecule has 7 nitrogen and oxygen atoms in total. The van der Waals surface area contributed by atoms with E-state index in [-0.39, 0.29) is 9.79 Å². The number of nitrogens with zero attached hydrogens (tertiary/aromatic N) is 1. The van der Waals surface area contributed by atoms with Gasteiger partial charge in [0.2, 0.25) is 9.84 Å². The van der Waals surface area contributed by atoms with Gasteiger partial charge in [0.25, 0.3) is 0 Å². The van der Waals surface area contributed by atoms with Crippen LogP contribution >= 0.6 is 0 Å². The second kappa shape index (κ2) is 5.93. The van der Waals surface area contributed by atoms with Crippen LogP contribution in [0.1, 0.15) is 11.1 Å². The zero-order valence-corrected chi connectivity index (χ0v) is 14.9. The topological polar surface area (TPSA) is 103 Å². The van der Waals surface area contributed by atoms with Crippen LogP contribution in [0.25, 0.3) is 11.0 Å². The summed E-state index contributed by atoms with van der Waals surface area (Å²) < 4.78 is 26.5. The van der Waals surface area contributed by atoms with Gasteiger partial charge >= 0.3 is 11.1 Å². The fourth-order valence-electron chi connectivity index (χ4n) is 3.41. The summed E-state index contributed by atoms with van der Waals surface area (Å²) in [6, 6.07) is 9.65. The van der Waals surface area contributed by atoms with Gasteiger partial charge < -0.3 is 14.9 Å². The van der Waals surface area contributed by atoms with Gasteiger partial charge in [0, 0.05) is 13.1 Å². The maximum atomic E-state index is 13.2. The van der Waals surface area contributed by atoms with Gasteiger partial charge in [-0.1, -0.05) is 18.2 Å². The molecule has 0 bridgehead atoms. The zero-order valence-electron chi connectivity index (χ0n) is 14.1. The van der Waals surface area contributed by atoms with Gasteiger partial charge in [0.15, 0.2) is 0 Å². The first kappa shape index (κ1) is 16.7. The van der Waals surface area contributed by atoms with E-state index in [1.807, 2.05) is 11.9 Å². The van der Waals surface area contributed by atoms with E-state index in [1.54, 1.807) is 30.3 Å². The standard InChI is InChI=1S/C18H17N3O4S/c1-21-8-7-12-13(10-21)15(26(24,25)11-5-3-2-4-6-11)9-14-16(12)20-18(23)17(22)19-14/h2-6,9H,7-8,10H2,1H3,(H,19,22)(H,20,23). The van der Waals surface area contributed by atoms with Crippen molar-refractivity contribution in [3.05, 3.63) is 68.2 Å². The Morgan fingerprint density at radius 2 is 1.69 bits per heavy atom. The van der Waals surface area contributed by atoms with Gasteiger partial charge in [-0.2, -0.15) is 0 Å². The molecule has 0 unspecified atom stereocenters. The zero-order chi connectivity index (χ0) is 18.5. The van der Waals surface area contributed by atoms with Gasteiger partial charge in [-0.05, 0) is 42.8 Å². The summed E-state index contributed by atoms with van der Waals surface area (Å²) in [7, 11) is -1.84. The van der Waals surface area contributed by atoms with Crippen LogP contribution in [0.15, 0.2) is 55.8 Å². The highest BCUT2D eigenvalue weighted by atomic mass is 32.2. The average Bonchev–Trinajstić information content (AvgIpc) is 2.63. The van der Waals surface area contributed by atoms with E-state index >= 15 is 0 Å². The lowest BCUT2D eigenvalue weighted by Gasteiger charge is -2.28. The number of likely N-dealkylation sites (N-methyl/N-ethyl adjacent to an activating group) is 1. The van der Waals surface area contributed by atoms with Crippen molar-refractivity contribution in [3.8, 4) is 0 Å². The summed E-state index contributed by atoms with van der Waals surface area (Å²) in [6.07, 6.45) is 0.586. The summed E-state index contributed by atoms with van der Waals surface area (Å²) in [6.45, 7) is 1.19. The van der Waals surface area contributed by atoms with Crippen LogP contribution in [0.2, 0.25) is 0 Å². The van der Waals surface area contributed by atoms with Crippen molar-refractivity contribution < 1.29 is 8.42 Å². The molecule has 1 aromatic heterocycles. The molecule has 134 valence electrons. The number of fused-ring (bicyclic) bond motifs is 3. The smallest absolute Gasteiger partial charge is 0.314 e. The number of hydrogen-bond acceptors (Lipinski definition) is 5. The number of benzene rings is 2. The maximum absolute atomic E-state index is 13.2. The molecule has 2 aromatic carbocycles. The highest BCUT2D eigenvalue weighted by Gasteiger charge is 2.28. The molecule has 3 aromatic rings. The third-order valence-corrected chi connectivity index (χ3v) is 6.55. The second-order valence-corrected chi connectivity index (χ2v) is 8.38. The molecule has 0 saturated carbocycles. The number of aromatic nitrogens is 2. The number of sulfone groups is 1. The van der Waals surface area contributed by atoms with Crippen molar-refractivity contribution in [2.45, 2.75) is 22.8 Å². The highest BCUT2D eigenvalue weighted by molar-refractivity contribution is 7.91. The van der Waals surface area contributed by atoms with E-state index in [0.717, 1.165) is 12.1 Å². The monoisotopic (exact) mass is 371 g/mol.